The number of ether oxygens (including phenoxy) is 1. The average Bonchev–Trinajstić information content (AvgIpc) is 2.96. The molecule has 1 N–H and O–H groups in total. The lowest BCUT2D eigenvalue weighted by atomic mass is 10.1. The van der Waals surface area contributed by atoms with Gasteiger partial charge in [-0.1, -0.05) is 54.2 Å². The first kappa shape index (κ1) is 16.3. The number of hydrogen-bond acceptors (Lipinski definition) is 5. The minimum absolute atomic E-state index is 0.0323. The summed E-state index contributed by atoms with van der Waals surface area (Å²) in [6.45, 7) is 0. The van der Waals surface area contributed by atoms with Gasteiger partial charge in [-0.15, -0.1) is 5.10 Å². The highest BCUT2D eigenvalue weighted by molar-refractivity contribution is 8.15. The number of benzene rings is 2. The van der Waals surface area contributed by atoms with Crippen LogP contribution < -0.4 is 10.1 Å². The predicted octanol–water partition coefficient (Wildman–Crippen LogP) is 2.86. The number of para-hydroxylation sites is 1. The van der Waals surface area contributed by atoms with Crippen molar-refractivity contribution >= 4 is 29.1 Å². The number of hydrogen-bond donors (Lipinski definition) is 1. The average molecular weight is 339 g/mol. The molecule has 0 bridgehead atoms. The van der Waals surface area contributed by atoms with Crippen LogP contribution in [0.15, 0.2) is 64.8 Å². The Hall–Kier alpha value is -2.60. The van der Waals surface area contributed by atoms with Gasteiger partial charge < -0.3 is 10.1 Å². The number of amidine groups is 1. The van der Waals surface area contributed by atoms with Gasteiger partial charge in [0.2, 0.25) is 5.91 Å². The summed E-state index contributed by atoms with van der Waals surface area (Å²) >= 11 is 1.40. The lowest BCUT2D eigenvalue weighted by Gasteiger charge is -2.04. The van der Waals surface area contributed by atoms with Crippen molar-refractivity contribution in [3.8, 4) is 5.75 Å². The molecule has 1 aliphatic heterocycles. The molecule has 1 heterocycles. The highest BCUT2D eigenvalue weighted by Gasteiger charge is 2.30. The number of amides is 1. The van der Waals surface area contributed by atoms with Crippen molar-refractivity contribution in [2.45, 2.75) is 11.7 Å². The van der Waals surface area contributed by atoms with Gasteiger partial charge in [-0.3, -0.25) is 4.79 Å². The Labute approximate surface area is 144 Å². The Kier molecular flexibility index (Phi) is 5.28. The Balaban J connectivity index is 1.65. The van der Waals surface area contributed by atoms with Crippen molar-refractivity contribution in [3.63, 3.8) is 0 Å². The number of nitrogens with zero attached hydrogens (tertiary/aromatic N) is 2. The first-order chi connectivity index (χ1) is 11.8. The molecule has 0 radical (unpaired) electrons. The molecule has 1 aliphatic rings. The second-order valence-corrected chi connectivity index (χ2v) is 6.37. The van der Waals surface area contributed by atoms with Gasteiger partial charge in [0.05, 0.1) is 18.6 Å². The maximum absolute atomic E-state index is 12.0. The van der Waals surface area contributed by atoms with Crippen LogP contribution in [0.4, 0.5) is 0 Å². The van der Waals surface area contributed by atoms with Crippen LogP contribution >= 0.6 is 11.8 Å². The molecule has 2 aromatic carbocycles. The molecule has 0 saturated carbocycles. The van der Waals surface area contributed by atoms with E-state index in [1.807, 2.05) is 54.6 Å². The molecule has 3 rings (SSSR count). The van der Waals surface area contributed by atoms with E-state index in [2.05, 4.69) is 15.5 Å². The zero-order chi connectivity index (χ0) is 16.8. The minimum Gasteiger partial charge on any atom is -0.496 e. The molecule has 2 aromatic rings. The van der Waals surface area contributed by atoms with Crippen LogP contribution in [0.1, 0.15) is 11.1 Å². The quantitative estimate of drug-likeness (QED) is 0.673. The van der Waals surface area contributed by atoms with Gasteiger partial charge in [0, 0.05) is 5.56 Å². The fourth-order valence-corrected chi connectivity index (χ4v) is 3.30. The fraction of sp³-hybridized carbons (Fsp3) is 0.167. The molecule has 5 nitrogen and oxygen atoms in total. The number of carbonyl (C=O) groups is 1. The minimum atomic E-state index is -0.174. The fourth-order valence-electron chi connectivity index (χ4n) is 2.33. The number of thioether (sulfide) groups is 1. The predicted molar refractivity (Wildman–Crippen MR) is 97.7 cm³/mol. The maximum atomic E-state index is 12.0. The Morgan fingerprint density at radius 1 is 1.17 bits per heavy atom. The Morgan fingerprint density at radius 2 is 1.92 bits per heavy atom. The first-order valence-electron chi connectivity index (χ1n) is 7.52. The number of methoxy groups -OCH3 is 1. The van der Waals surface area contributed by atoms with Gasteiger partial charge in [0.25, 0.3) is 0 Å². The van der Waals surface area contributed by atoms with Crippen LogP contribution in [0.3, 0.4) is 0 Å². The molecular weight excluding hydrogens is 322 g/mol. The summed E-state index contributed by atoms with van der Waals surface area (Å²) in [5.74, 6) is 0.696. The van der Waals surface area contributed by atoms with Gasteiger partial charge >= 0.3 is 0 Å². The van der Waals surface area contributed by atoms with E-state index < -0.39 is 0 Å². The van der Waals surface area contributed by atoms with Crippen LogP contribution in [0.2, 0.25) is 0 Å². The van der Waals surface area contributed by atoms with E-state index in [0.29, 0.717) is 11.6 Å². The standard InChI is InChI=1S/C18H17N3O2S/c1-23-15-10-6-5-9-14(15)12-19-21-18-20-17(22)16(24-18)11-13-7-3-2-4-8-13/h2-10,12,16H,11H2,1H3,(H,20,21,22). The van der Waals surface area contributed by atoms with E-state index in [-0.39, 0.29) is 11.2 Å². The number of rotatable bonds is 5. The molecule has 24 heavy (non-hydrogen) atoms. The summed E-state index contributed by atoms with van der Waals surface area (Å²) in [6.07, 6.45) is 2.29. The smallest absolute Gasteiger partial charge is 0.239 e. The van der Waals surface area contributed by atoms with E-state index in [9.17, 15) is 4.79 Å². The van der Waals surface area contributed by atoms with E-state index in [1.54, 1.807) is 13.3 Å². The van der Waals surface area contributed by atoms with Crippen molar-refractivity contribution in [1.82, 2.24) is 5.32 Å². The van der Waals surface area contributed by atoms with Crippen LogP contribution in [0.5, 0.6) is 5.75 Å². The zero-order valence-electron chi connectivity index (χ0n) is 13.2. The van der Waals surface area contributed by atoms with Crippen molar-refractivity contribution < 1.29 is 9.53 Å². The Morgan fingerprint density at radius 3 is 2.71 bits per heavy atom. The second-order valence-electron chi connectivity index (χ2n) is 5.18. The van der Waals surface area contributed by atoms with Gasteiger partial charge in [0.15, 0.2) is 5.17 Å². The summed E-state index contributed by atoms with van der Waals surface area (Å²) < 4.78 is 5.25. The van der Waals surface area contributed by atoms with Crippen molar-refractivity contribution in [2.24, 2.45) is 10.2 Å². The molecule has 1 amide bonds. The highest BCUT2D eigenvalue weighted by Crippen LogP contribution is 2.23. The van der Waals surface area contributed by atoms with Crippen molar-refractivity contribution in [2.75, 3.05) is 7.11 Å². The summed E-state index contributed by atoms with van der Waals surface area (Å²) in [5, 5.41) is 11.3. The van der Waals surface area contributed by atoms with E-state index in [0.717, 1.165) is 16.9 Å². The number of nitrogens with one attached hydrogen (secondary N) is 1. The first-order valence-corrected chi connectivity index (χ1v) is 8.39. The molecule has 0 aromatic heterocycles. The maximum Gasteiger partial charge on any atom is 0.239 e. The number of carbonyl (C=O) groups excluding carboxylic acids is 1. The molecule has 1 saturated heterocycles. The normalized spacial score (nSPS) is 19.0. The topological polar surface area (TPSA) is 63.1 Å². The van der Waals surface area contributed by atoms with Gasteiger partial charge in [0.1, 0.15) is 5.75 Å². The van der Waals surface area contributed by atoms with E-state index in [4.69, 9.17) is 4.74 Å². The van der Waals surface area contributed by atoms with Crippen LogP contribution in [0, 0.1) is 0 Å². The molecule has 6 heteroatoms. The lowest BCUT2D eigenvalue weighted by Crippen LogP contribution is -2.25. The summed E-state index contributed by atoms with van der Waals surface area (Å²) in [4.78, 5) is 12.0. The third kappa shape index (κ3) is 4.02. The van der Waals surface area contributed by atoms with Crippen LogP contribution in [-0.2, 0) is 11.2 Å². The molecule has 0 spiro atoms. The SMILES string of the molecule is COc1ccccc1C=N/N=C1/NC(=O)C(Cc2ccccc2)S1. The monoisotopic (exact) mass is 339 g/mol. The van der Waals surface area contributed by atoms with Crippen molar-refractivity contribution in [1.29, 1.82) is 0 Å². The van der Waals surface area contributed by atoms with Gasteiger partial charge in [-0.25, -0.2) is 0 Å². The largest absolute Gasteiger partial charge is 0.496 e. The lowest BCUT2D eigenvalue weighted by molar-refractivity contribution is -0.118. The second kappa shape index (κ2) is 7.79. The molecule has 1 atom stereocenters. The van der Waals surface area contributed by atoms with Gasteiger partial charge in [-0.05, 0) is 24.1 Å². The molecule has 0 aliphatic carbocycles. The highest BCUT2D eigenvalue weighted by atomic mass is 32.2. The third-order valence-electron chi connectivity index (χ3n) is 3.52. The van der Waals surface area contributed by atoms with Crippen molar-refractivity contribution in [3.05, 3.63) is 65.7 Å². The summed E-state index contributed by atoms with van der Waals surface area (Å²) in [6, 6.07) is 17.5. The molecule has 1 unspecified atom stereocenters. The Bertz CT molecular complexity index is 775. The van der Waals surface area contributed by atoms with E-state index in [1.165, 1.54) is 11.8 Å². The third-order valence-corrected chi connectivity index (χ3v) is 4.60. The van der Waals surface area contributed by atoms with Gasteiger partial charge in [-0.2, -0.15) is 5.10 Å². The summed E-state index contributed by atoms with van der Waals surface area (Å²) in [7, 11) is 1.61. The molecular formula is C18H17N3O2S. The zero-order valence-corrected chi connectivity index (χ0v) is 14.0. The summed E-state index contributed by atoms with van der Waals surface area (Å²) in [5.41, 5.74) is 1.96. The van der Waals surface area contributed by atoms with E-state index >= 15 is 0 Å². The molecule has 122 valence electrons. The van der Waals surface area contributed by atoms with Crippen LogP contribution in [0.25, 0.3) is 0 Å². The van der Waals surface area contributed by atoms with Crippen LogP contribution in [-0.4, -0.2) is 29.6 Å². The molecule has 1 fully saturated rings.